The van der Waals surface area contributed by atoms with E-state index in [-0.39, 0.29) is 10.8 Å². The lowest BCUT2D eigenvalue weighted by molar-refractivity contribution is -0.114. The second kappa shape index (κ2) is 6.19. The van der Waals surface area contributed by atoms with Crippen LogP contribution in [0.1, 0.15) is 18.1 Å². The molecule has 1 amide bonds. The predicted molar refractivity (Wildman–Crippen MR) is 87.5 cm³/mol. The minimum absolute atomic E-state index is 0.197. The Balaban J connectivity index is 2.34. The van der Waals surface area contributed by atoms with Gasteiger partial charge in [-0.05, 0) is 43.7 Å². The summed E-state index contributed by atoms with van der Waals surface area (Å²) in [5, 5.41) is 2.67. The zero-order valence-corrected chi connectivity index (χ0v) is 13.5. The number of sulfonamides is 1. The van der Waals surface area contributed by atoms with Crippen molar-refractivity contribution < 1.29 is 13.2 Å². The Morgan fingerprint density at radius 2 is 1.55 bits per heavy atom. The Bertz CT molecular complexity index is 797. The van der Waals surface area contributed by atoms with Crippen LogP contribution in [0.5, 0.6) is 0 Å². The largest absolute Gasteiger partial charge is 0.326 e. The molecule has 2 aromatic rings. The molecule has 0 aliphatic carbocycles. The van der Waals surface area contributed by atoms with Crippen LogP contribution in [0.2, 0.25) is 0 Å². The van der Waals surface area contributed by atoms with Gasteiger partial charge in [0.05, 0.1) is 10.6 Å². The molecule has 0 heterocycles. The quantitative estimate of drug-likeness (QED) is 0.909. The third kappa shape index (κ3) is 3.65. The van der Waals surface area contributed by atoms with Crippen LogP contribution in [-0.2, 0) is 14.8 Å². The highest BCUT2D eigenvalue weighted by atomic mass is 32.2. The number of rotatable bonds is 4. The molecule has 22 heavy (non-hydrogen) atoms. The molecule has 2 N–H and O–H groups in total. The van der Waals surface area contributed by atoms with Crippen molar-refractivity contribution in [2.24, 2.45) is 0 Å². The number of nitrogens with one attached hydrogen (secondary N) is 2. The molecular weight excluding hydrogens is 300 g/mol. The number of hydrogen-bond acceptors (Lipinski definition) is 3. The maximum absolute atomic E-state index is 12.4. The molecule has 0 aliphatic rings. The second-order valence-electron chi connectivity index (χ2n) is 5.08. The molecule has 0 bridgehead atoms. The van der Waals surface area contributed by atoms with E-state index in [4.69, 9.17) is 0 Å². The predicted octanol–water partition coefficient (Wildman–Crippen LogP) is 3.06. The highest BCUT2D eigenvalue weighted by Gasteiger charge is 2.16. The van der Waals surface area contributed by atoms with Gasteiger partial charge in [0.2, 0.25) is 5.91 Å². The maximum Gasteiger partial charge on any atom is 0.261 e. The molecule has 5 nitrogen and oxygen atoms in total. The lowest BCUT2D eigenvalue weighted by Crippen LogP contribution is -2.15. The highest BCUT2D eigenvalue weighted by Crippen LogP contribution is 2.25. The SMILES string of the molecule is CC(=O)Nc1cccc(NS(=O)(=O)c2ccc(C)cc2)c1C. The van der Waals surface area contributed by atoms with E-state index >= 15 is 0 Å². The summed E-state index contributed by atoms with van der Waals surface area (Å²) < 4.78 is 27.4. The van der Waals surface area contributed by atoms with E-state index in [2.05, 4.69) is 10.0 Å². The van der Waals surface area contributed by atoms with Gasteiger partial charge in [-0.3, -0.25) is 9.52 Å². The molecule has 0 radical (unpaired) electrons. The van der Waals surface area contributed by atoms with Crippen molar-refractivity contribution in [3.8, 4) is 0 Å². The molecule has 2 rings (SSSR count). The van der Waals surface area contributed by atoms with Crippen LogP contribution in [-0.4, -0.2) is 14.3 Å². The summed E-state index contributed by atoms with van der Waals surface area (Å²) in [5.41, 5.74) is 2.67. The summed E-state index contributed by atoms with van der Waals surface area (Å²) in [4.78, 5) is 11.4. The molecule has 0 fully saturated rings. The van der Waals surface area contributed by atoms with E-state index in [9.17, 15) is 13.2 Å². The first-order chi connectivity index (χ1) is 10.3. The van der Waals surface area contributed by atoms with Gasteiger partial charge >= 0.3 is 0 Å². The summed E-state index contributed by atoms with van der Waals surface area (Å²) in [6, 6.07) is 11.7. The molecule has 116 valence electrons. The van der Waals surface area contributed by atoms with Crippen molar-refractivity contribution in [1.29, 1.82) is 0 Å². The van der Waals surface area contributed by atoms with Crippen molar-refractivity contribution in [3.63, 3.8) is 0 Å². The lowest BCUT2D eigenvalue weighted by atomic mass is 10.1. The van der Waals surface area contributed by atoms with E-state index in [1.807, 2.05) is 6.92 Å². The minimum Gasteiger partial charge on any atom is -0.326 e. The molecule has 0 saturated carbocycles. The van der Waals surface area contributed by atoms with Crippen LogP contribution in [0.3, 0.4) is 0 Å². The number of benzene rings is 2. The Labute approximate surface area is 130 Å². The monoisotopic (exact) mass is 318 g/mol. The van der Waals surface area contributed by atoms with Gasteiger partial charge in [0, 0.05) is 12.6 Å². The molecule has 2 aromatic carbocycles. The Morgan fingerprint density at radius 3 is 2.14 bits per heavy atom. The Hall–Kier alpha value is -2.34. The average molecular weight is 318 g/mol. The van der Waals surface area contributed by atoms with Crippen molar-refractivity contribution in [2.75, 3.05) is 10.0 Å². The van der Waals surface area contributed by atoms with Crippen molar-refractivity contribution in [3.05, 3.63) is 53.6 Å². The molecule has 0 atom stereocenters. The normalized spacial score (nSPS) is 11.0. The number of carbonyl (C=O) groups excluding carboxylic acids is 1. The number of amides is 1. The third-order valence-electron chi connectivity index (χ3n) is 3.22. The van der Waals surface area contributed by atoms with Gasteiger partial charge in [-0.25, -0.2) is 8.42 Å². The van der Waals surface area contributed by atoms with Gasteiger partial charge < -0.3 is 5.32 Å². The number of anilines is 2. The Kier molecular flexibility index (Phi) is 4.51. The van der Waals surface area contributed by atoms with Gasteiger partial charge in [0.1, 0.15) is 0 Å². The molecule has 0 aromatic heterocycles. The minimum atomic E-state index is -3.66. The number of aryl methyl sites for hydroxylation is 1. The summed E-state index contributed by atoms with van der Waals surface area (Å²) in [7, 11) is -3.66. The third-order valence-corrected chi connectivity index (χ3v) is 4.60. The summed E-state index contributed by atoms with van der Waals surface area (Å²) in [6.07, 6.45) is 0. The summed E-state index contributed by atoms with van der Waals surface area (Å²) in [5.74, 6) is -0.207. The fourth-order valence-electron chi connectivity index (χ4n) is 1.99. The Morgan fingerprint density at radius 1 is 0.955 bits per heavy atom. The summed E-state index contributed by atoms with van der Waals surface area (Å²) in [6.45, 7) is 5.05. The maximum atomic E-state index is 12.4. The van der Waals surface area contributed by atoms with Crippen LogP contribution in [0.15, 0.2) is 47.4 Å². The van der Waals surface area contributed by atoms with Gasteiger partial charge in [-0.2, -0.15) is 0 Å². The highest BCUT2D eigenvalue weighted by molar-refractivity contribution is 7.92. The second-order valence-corrected chi connectivity index (χ2v) is 6.76. The zero-order valence-electron chi connectivity index (χ0n) is 12.7. The van der Waals surface area contributed by atoms with E-state index in [1.165, 1.54) is 6.92 Å². The van der Waals surface area contributed by atoms with E-state index in [0.29, 0.717) is 16.9 Å². The first-order valence-corrected chi connectivity index (χ1v) is 8.24. The van der Waals surface area contributed by atoms with E-state index in [1.54, 1.807) is 49.4 Å². The molecule has 0 saturated heterocycles. The lowest BCUT2D eigenvalue weighted by Gasteiger charge is -2.14. The molecular formula is C16H18N2O3S. The van der Waals surface area contributed by atoms with Gasteiger partial charge in [0.15, 0.2) is 0 Å². The molecule has 6 heteroatoms. The van der Waals surface area contributed by atoms with E-state index in [0.717, 1.165) is 5.56 Å². The zero-order chi connectivity index (χ0) is 16.3. The van der Waals surface area contributed by atoms with E-state index < -0.39 is 10.0 Å². The fourth-order valence-corrected chi connectivity index (χ4v) is 3.12. The first kappa shape index (κ1) is 16.0. The van der Waals surface area contributed by atoms with Gasteiger partial charge in [-0.15, -0.1) is 0 Å². The van der Waals surface area contributed by atoms with Crippen LogP contribution in [0.4, 0.5) is 11.4 Å². The average Bonchev–Trinajstić information content (AvgIpc) is 2.43. The van der Waals surface area contributed by atoms with Crippen molar-refractivity contribution in [1.82, 2.24) is 0 Å². The molecule has 0 unspecified atom stereocenters. The topological polar surface area (TPSA) is 75.3 Å². The fraction of sp³-hybridized carbons (Fsp3) is 0.188. The van der Waals surface area contributed by atoms with Crippen LogP contribution < -0.4 is 10.0 Å². The molecule has 0 spiro atoms. The van der Waals surface area contributed by atoms with Gasteiger partial charge in [0.25, 0.3) is 10.0 Å². The van der Waals surface area contributed by atoms with Crippen LogP contribution >= 0.6 is 0 Å². The smallest absolute Gasteiger partial charge is 0.261 e. The van der Waals surface area contributed by atoms with Crippen molar-refractivity contribution in [2.45, 2.75) is 25.7 Å². The number of hydrogen-bond donors (Lipinski definition) is 2. The number of carbonyl (C=O) groups is 1. The summed E-state index contributed by atoms with van der Waals surface area (Å²) >= 11 is 0. The first-order valence-electron chi connectivity index (χ1n) is 6.76. The van der Waals surface area contributed by atoms with Crippen LogP contribution in [0.25, 0.3) is 0 Å². The van der Waals surface area contributed by atoms with Crippen LogP contribution in [0, 0.1) is 13.8 Å². The van der Waals surface area contributed by atoms with Gasteiger partial charge in [-0.1, -0.05) is 23.8 Å². The molecule has 0 aliphatic heterocycles. The standard InChI is InChI=1S/C16H18N2O3S/c1-11-7-9-14(10-8-11)22(20,21)18-16-6-4-5-15(12(16)2)17-13(3)19/h4-10,18H,1-3H3,(H,17,19). The van der Waals surface area contributed by atoms with Crippen molar-refractivity contribution >= 4 is 27.3 Å².